The molecule has 1 fully saturated rings. The fraction of sp³-hybridized carbons (Fsp3) is 0.611. The number of piperazine rings is 1. The highest BCUT2D eigenvalue weighted by Gasteiger charge is 2.20. The van der Waals surface area contributed by atoms with Crippen molar-refractivity contribution in [3.05, 3.63) is 29.8 Å². The molecule has 0 bridgehead atoms. The maximum Gasteiger partial charge on any atom is 0.321 e. The van der Waals surface area contributed by atoms with Crippen molar-refractivity contribution in [2.75, 3.05) is 38.0 Å². The van der Waals surface area contributed by atoms with Gasteiger partial charge < -0.3 is 10.2 Å². The normalized spacial score (nSPS) is 15.8. The Bertz CT molecular complexity index is 450. The number of amides is 2. The maximum absolute atomic E-state index is 12.3. The Hall–Kier alpha value is -1.55. The monoisotopic (exact) mass is 303 g/mol. The van der Waals surface area contributed by atoms with Crippen molar-refractivity contribution < 1.29 is 4.79 Å². The molecule has 0 spiro atoms. The number of carbonyl (C=O) groups excluding carboxylic acids is 1. The summed E-state index contributed by atoms with van der Waals surface area (Å²) in [6.07, 6.45) is 4.86. The van der Waals surface area contributed by atoms with Gasteiger partial charge in [-0.15, -0.1) is 0 Å². The number of aryl methyl sites for hydroxylation is 1. The van der Waals surface area contributed by atoms with Crippen LogP contribution in [-0.4, -0.2) is 48.6 Å². The van der Waals surface area contributed by atoms with Gasteiger partial charge in [-0.3, -0.25) is 4.90 Å². The molecular weight excluding hydrogens is 274 g/mol. The zero-order valence-electron chi connectivity index (χ0n) is 14.0. The third-order valence-corrected chi connectivity index (χ3v) is 4.35. The first-order valence-corrected chi connectivity index (χ1v) is 8.60. The summed E-state index contributed by atoms with van der Waals surface area (Å²) in [7, 11) is 0. The molecule has 1 aliphatic rings. The van der Waals surface area contributed by atoms with E-state index in [1.165, 1.54) is 31.4 Å². The number of nitrogens with one attached hydrogen (secondary N) is 1. The van der Waals surface area contributed by atoms with E-state index in [4.69, 9.17) is 0 Å². The van der Waals surface area contributed by atoms with E-state index in [-0.39, 0.29) is 6.03 Å². The molecule has 0 atom stereocenters. The predicted molar refractivity (Wildman–Crippen MR) is 92.4 cm³/mol. The summed E-state index contributed by atoms with van der Waals surface area (Å²) in [6, 6.07) is 8.13. The molecule has 4 heteroatoms. The molecule has 0 aliphatic carbocycles. The zero-order valence-corrected chi connectivity index (χ0v) is 14.0. The first-order valence-electron chi connectivity index (χ1n) is 8.60. The lowest BCUT2D eigenvalue weighted by molar-refractivity contribution is 0.146. The second kappa shape index (κ2) is 8.79. The number of carbonyl (C=O) groups is 1. The molecule has 1 N–H and O–H groups in total. The van der Waals surface area contributed by atoms with Crippen LogP contribution in [-0.2, 0) is 6.42 Å². The summed E-state index contributed by atoms with van der Waals surface area (Å²) in [5, 5.41) is 3.00. The molecule has 0 aromatic heterocycles. The van der Waals surface area contributed by atoms with Gasteiger partial charge in [0, 0.05) is 31.9 Å². The van der Waals surface area contributed by atoms with Crippen molar-refractivity contribution in [3.63, 3.8) is 0 Å². The number of anilines is 1. The molecule has 1 aromatic rings. The molecule has 1 heterocycles. The van der Waals surface area contributed by atoms with Crippen LogP contribution in [0.25, 0.3) is 0 Å². The van der Waals surface area contributed by atoms with Gasteiger partial charge >= 0.3 is 6.03 Å². The van der Waals surface area contributed by atoms with Crippen LogP contribution >= 0.6 is 0 Å². The van der Waals surface area contributed by atoms with E-state index in [1.54, 1.807) is 0 Å². The molecule has 4 nitrogen and oxygen atoms in total. The molecule has 0 unspecified atom stereocenters. The molecule has 0 saturated carbocycles. The van der Waals surface area contributed by atoms with E-state index in [1.807, 2.05) is 17.0 Å². The average Bonchev–Trinajstić information content (AvgIpc) is 2.56. The highest BCUT2D eigenvalue weighted by Crippen LogP contribution is 2.12. The van der Waals surface area contributed by atoms with E-state index in [0.29, 0.717) is 0 Å². The molecule has 2 amide bonds. The summed E-state index contributed by atoms with van der Waals surface area (Å²) in [5.41, 5.74) is 2.17. The molecule has 1 aromatic carbocycles. The van der Waals surface area contributed by atoms with Crippen LogP contribution in [0.3, 0.4) is 0 Å². The first-order chi connectivity index (χ1) is 10.7. The van der Waals surface area contributed by atoms with Gasteiger partial charge in [0.15, 0.2) is 0 Å². The molecule has 1 saturated heterocycles. The Morgan fingerprint density at radius 2 is 1.73 bits per heavy atom. The Kier molecular flexibility index (Phi) is 6.72. The van der Waals surface area contributed by atoms with Gasteiger partial charge in [0.1, 0.15) is 0 Å². The number of rotatable bonds is 6. The van der Waals surface area contributed by atoms with E-state index in [2.05, 4.69) is 36.2 Å². The smallest absolute Gasteiger partial charge is 0.321 e. The Morgan fingerprint density at radius 1 is 1.05 bits per heavy atom. The van der Waals surface area contributed by atoms with Crippen LogP contribution < -0.4 is 5.32 Å². The fourth-order valence-corrected chi connectivity index (χ4v) is 2.79. The van der Waals surface area contributed by atoms with Crippen LogP contribution in [0.1, 0.15) is 38.7 Å². The molecule has 2 rings (SSSR count). The number of urea groups is 1. The minimum atomic E-state index is 0.0254. The Balaban J connectivity index is 1.74. The molecule has 0 radical (unpaired) electrons. The molecule has 22 heavy (non-hydrogen) atoms. The third-order valence-electron chi connectivity index (χ3n) is 4.35. The van der Waals surface area contributed by atoms with E-state index >= 15 is 0 Å². The van der Waals surface area contributed by atoms with Gasteiger partial charge in [0.05, 0.1) is 0 Å². The SMILES string of the molecule is CCCCCN1CCN(C(=O)Nc2ccc(CC)cc2)CC1. The van der Waals surface area contributed by atoms with Gasteiger partial charge in [-0.25, -0.2) is 4.79 Å². The number of hydrogen-bond acceptors (Lipinski definition) is 2. The van der Waals surface area contributed by atoms with Crippen LogP contribution in [0, 0.1) is 0 Å². The quantitative estimate of drug-likeness (QED) is 0.815. The van der Waals surface area contributed by atoms with Crippen molar-refractivity contribution in [1.29, 1.82) is 0 Å². The minimum absolute atomic E-state index is 0.0254. The van der Waals surface area contributed by atoms with Crippen LogP contribution in [0.15, 0.2) is 24.3 Å². The predicted octanol–water partition coefficient (Wildman–Crippen LogP) is 3.59. The largest absolute Gasteiger partial charge is 0.322 e. The molecule has 1 aliphatic heterocycles. The number of hydrogen-bond donors (Lipinski definition) is 1. The lowest BCUT2D eigenvalue weighted by atomic mass is 10.1. The second-order valence-electron chi connectivity index (χ2n) is 6.02. The summed E-state index contributed by atoms with van der Waals surface area (Å²) in [5.74, 6) is 0. The number of benzene rings is 1. The van der Waals surface area contributed by atoms with E-state index < -0.39 is 0 Å². The summed E-state index contributed by atoms with van der Waals surface area (Å²) >= 11 is 0. The summed E-state index contributed by atoms with van der Waals surface area (Å²) in [6.45, 7) is 9.17. The van der Waals surface area contributed by atoms with Crippen molar-refractivity contribution in [2.45, 2.75) is 39.5 Å². The lowest BCUT2D eigenvalue weighted by Gasteiger charge is -2.34. The Morgan fingerprint density at radius 3 is 2.32 bits per heavy atom. The molecular formula is C18H29N3O. The van der Waals surface area contributed by atoms with Gasteiger partial charge in [-0.2, -0.15) is 0 Å². The number of nitrogens with zero attached hydrogens (tertiary/aromatic N) is 2. The lowest BCUT2D eigenvalue weighted by Crippen LogP contribution is -2.50. The summed E-state index contributed by atoms with van der Waals surface area (Å²) in [4.78, 5) is 16.7. The van der Waals surface area contributed by atoms with Gasteiger partial charge in [0.2, 0.25) is 0 Å². The van der Waals surface area contributed by atoms with Crippen LogP contribution in [0.2, 0.25) is 0 Å². The van der Waals surface area contributed by atoms with Crippen molar-refractivity contribution in [3.8, 4) is 0 Å². The zero-order chi connectivity index (χ0) is 15.8. The van der Waals surface area contributed by atoms with Crippen molar-refractivity contribution >= 4 is 11.7 Å². The first kappa shape index (κ1) is 16.8. The molecule has 122 valence electrons. The van der Waals surface area contributed by atoms with Crippen molar-refractivity contribution in [1.82, 2.24) is 9.80 Å². The minimum Gasteiger partial charge on any atom is -0.322 e. The van der Waals surface area contributed by atoms with Gasteiger partial charge in [-0.05, 0) is 37.1 Å². The average molecular weight is 303 g/mol. The van der Waals surface area contributed by atoms with Crippen LogP contribution in [0.5, 0.6) is 0 Å². The van der Waals surface area contributed by atoms with Gasteiger partial charge in [0.25, 0.3) is 0 Å². The number of unbranched alkanes of at least 4 members (excludes halogenated alkanes) is 2. The highest BCUT2D eigenvalue weighted by molar-refractivity contribution is 5.89. The van der Waals surface area contributed by atoms with E-state index in [0.717, 1.165) is 38.3 Å². The summed E-state index contributed by atoms with van der Waals surface area (Å²) < 4.78 is 0. The topological polar surface area (TPSA) is 35.6 Å². The highest BCUT2D eigenvalue weighted by atomic mass is 16.2. The third kappa shape index (κ3) is 5.02. The maximum atomic E-state index is 12.3. The van der Waals surface area contributed by atoms with Crippen molar-refractivity contribution in [2.24, 2.45) is 0 Å². The fourth-order valence-electron chi connectivity index (χ4n) is 2.79. The van der Waals surface area contributed by atoms with Gasteiger partial charge in [-0.1, -0.05) is 38.8 Å². The van der Waals surface area contributed by atoms with Crippen LogP contribution in [0.4, 0.5) is 10.5 Å². The Labute approximate surface area is 134 Å². The standard InChI is InChI=1S/C18H29N3O/c1-3-5-6-11-20-12-14-21(15-13-20)18(22)19-17-9-7-16(4-2)8-10-17/h7-10H,3-6,11-15H2,1-2H3,(H,19,22). The van der Waals surface area contributed by atoms with E-state index in [9.17, 15) is 4.79 Å². The second-order valence-corrected chi connectivity index (χ2v) is 6.02.